The number of hydrogen-bond donors (Lipinski definition) is 0. The quantitative estimate of drug-likeness (QED) is 0.249. The van der Waals surface area contributed by atoms with Gasteiger partial charge >= 0.3 is 10.1 Å². The van der Waals surface area contributed by atoms with Gasteiger partial charge in [0, 0.05) is 17.1 Å². The summed E-state index contributed by atoms with van der Waals surface area (Å²) in [7, 11) is -4.16. The van der Waals surface area contributed by atoms with Crippen molar-refractivity contribution in [1.82, 2.24) is 9.78 Å². The lowest BCUT2D eigenvalue weighted by molar-refractivity contribution is 0.103. The maximum atomic E-state index is 13.7. The molecule has 0 saturated heterocycles. The Morgan fingerprint density at radius 1 is 1.06 bits per heavy atom. The summed E-state index contributed by atoms with van der Waals surface area (Å²) in [5.41, 5.74) is 4.08. The van der Waals surface area contributed by atoms with Crippen LogP contribution in [-0.4, -0.2) is 24.0 Å². The Labute approximate surface area is 206 Å². The molecule has 0 aliphatic carbocycles. The van der Waals surface area contributed by atoms with Gasteiger partial charge in [0.05, 0.1) is 6.20 Å². The zero-order chi connectivity index (χ0) is 25.0. The molecule has 0 unspecified atom stereocenters. The summed E-state index contributed by atoms with van der Waals surface area (Å²) in [6.45, 7) is 10.2. The van der Waals surface area contributed by atoms with Crippen LogP contribution >= 0.6 is 11.6 Å². The molecule has 6 nitrogen and oxygen atoms in total. The molecule has 34 heavy (non-hydrogen) atoms. The zero-order valence-electron chi connectivity index (χ0n) is 20.1. The number of carbonyl (C=O) groups excluding carboxylic acids is 1. The van der Waals surface area contributed by atoms with Crippen molar-refractivity contribution < 1.29 is 17.4 Å². The second-order valence-corrected chi connectivity index (χ2v) is 10.3. The van der Waals surface area contributed by atoms with Gasteiger partial charge in [-0.05, 0) is 75.1 Å². The minimum absolute atomic E-state index is 0.000725. The molecule has 0 saturated carbocycles. The number of unbranched alkanes of at least 4 members (excludes halogenated alkanes) is 1. The van der Waals surface area contributed by atoms with E-state index in [-0.39, 0.29) is 22.1 Å². The molecule has 0 spiro atoms. The zero-order valence-corrected chi connectivity index (χ0v) is 21.6. The summed E-state index contributed by atoms with van der Waals surface area (Å²) >= 11 is 6.47. The maximum absolute atomic E-state index is 13.7. The highest BCUT2D eigenvalue weighted by Gasteiger charge is 2.28. The first kappa shape index (κ1) is 25.7. The molecule has 1 heterocycles. The normalized spacial score (nSPS) is 11.4. The van der Waals surface area contributed by atoms with E-state index in [0.717, 1.165) is 35.1 Å². The highest BCUT2D eigenvalue weighted by molar-refractivity contribution is 7.87. The fraction of sp³-hybridized carbons (Fsp3) is 0.308. The average Bonchev–Trinajstić information content (AvgIpc) is 3.19. The molecule has 0 radical (unpaired) electrons. The molecule has 0 N–H and O–H groups in total. The molecule has 0 bridgehead atoms. The van der Waals surface area contributed by atoms with Gasteiger partial charge in [0.25, 0.3) is 0 Å². The molecule has 8 heteroatoms. The number of carbonyl (C=O) groups is 1. The fourth-order valence-corrected chi connectivity index (χ4v) is 4.92. The lowest BCUT2D eigenvalue weighted by Crippen LogP contribution is -2.16. The van der Waals surface area contributed by atoms with Crippen molar-refractivity contribution in [3.8, 4) is 5.88 Å². The van der Waals surface area contributed by atoms with E-state index in [4.69, 9.17) is 15.8 Å². The summed E-state index contributed by atoms with van der Waals surface area (Å²) in [6, 6.07) is 11.2. The smallest absolute Gasteiger partial charge is 0.340 e. The van der Waals surface area contributed by atoms with E-state index < -0.39 is 10.1 Å². The third-order valence-corrected chi connectivity index (χ3v) is 7.31. The number of nitrogens with zero attached hydrogens (tertiary/aromatic N) is 2. The van der Waals surface area contributed by atoms with Crippen LogP contribution in [0.25, 0.3) is 5.57 Å². The van der Waals surface area contributed by atoms with E-state index in [2.05, 4.69) is 5.10 Å². The Hall–Kier alpha value is -2.90. The summed E-state index contributed by atoms with van der Waals surface area (Å²) in [6.07, 6.45) is 2.99. The molecule has 3 aromatic rings. The van der Waals surface area contributed by atoms with Crippen molar-refractivity contribution in [2.45, 2.75) is 58.9 Å². The predicted octanol–water partition coefficient (Wildman–Crippen LogP) is 6.46. The number of hydrogen-bond acceptors (Lipinski definition) is 5. The van der Waals surface area contributed by atoms with Crippen LogP contribution in [-0.2, 0) is 16.7 Å². The Kier molecular flexibility index (Phi) is 8.00. The molecular weight excluding hydrogens is 472 g/mol. The molecule has 2 aromatic carbocycles. The van der Waals surface area contributed by atoms with Crippen LogP contribution in [0.3, 0.4) is 0 Å². The van der Waals surface area contributed by atoms with E-state index in [1.54, 1.807) is 30.3 Å². The number of aromatic nitrogens is 2. The van der Waals surface area contributed by atoms with Gasteiger partial charge in [-0.3, -0.25) is 4.79 Å². The molecule has 0 aliphatic heterocycles. The summed E-state index contributed by atoms with van der Waals surface area (Å²) < 4.78 is 32.9. The van der Waals surface area contributed by atoms with E-state index >= 15 is 0 Å². The van der Waals surface area contributed by atoms with Gasteiger partial charge in [0.2, 0.25) is 5.88 Å². The van der Waals surface area contributed by atoms with Crippen LogP contribution in [0, 0.1) is 6.92 Å². The highest BCUT2D eigenvalue weighted by atomic mass is 35.5. The number of benzene rings is 2. The van der Waals surface area contributed by atoms with E-state index in [1.807, 2.05) is 34.6 Å². The van der Waals surface area contributed by atoms with Gasteiger partial charge in [0.15, 0.2) is 5.78 Å². The number of allylic oxidation sites excluding steroid dienone is 2. The van der Waals surface area contributed by atoms with Crippen LogP contribution < -0.4 is 4.18 Å². The monoisotopic (exact) mass is 500 g/mol. The molecule has 3 rings (SSSR count). The third kappa shape index (κ3) is 5.26. The van der Waals surface area contributed by atoms with Gasteiger partial charge in [-0.2, -0.15) is 13.5 Å². The first-order valence-corrected chi connectivity index (χ1v) is 12.9. The molecular formula is C26H29ClN2O4S. The van der Waals surface area contributed by atoms with Gasteiger partial charge in [-0.1, -0.05) is 48.7 Å². The molecule has 0 aliphatic rings. The molecule has 0 atom stereocenters. The van der Waals surface area contributed by atoms with Gasteiger partial charge in [-0.15, -0.1) is 0 Å². The van der Waals surface area contributed by atoms with Crippen molar-refractivity contribution in [3.63, 3.8) is 0 Å². The van der Waals surface area contributed by atoms with Crippen molar-refractivity contribution in [2.24, 2.45) is 0 Å². The minimum Gasteiger partial charge on any atom is -0.358 e. The minimum atomic E-state index is -4.16. The molecule has 180 valence electrons. The third-order valence-electron chi connectivity index (χ3n) is 5.76. The Morgan fingerprint density at radius 3 is 2.35 bits per heavy atom. The van der Waals surface area contributed by atoms with Crippen molar-refractivity contribution in [3.05, 3.63) is 81.5 Å². The maximum Gasteiger partial charge on any atom is 0.340 e. The van der Waals surface area contributed by atoms with Crippen LogP contribution in [0.5, 0.6) is 5.88 Å². The van der Waals surface area contributed by atoms with Gasteiger partial charge < -0.3 is 4.18 Å². The van der Waals surface area contributed by atoms with Crippen LogP contribution in [0.1, 0.15) is 67.6 Å². The summed E-state index contributed by atoms with van der Waals surface area (Å²) in [5, 5.41) is 4.83. The Morgan fingerprint density at radius 2 is 1.74 bits per heavy atom. The first-order chi connectivity index (χ1) is 16.1. The van der Waals surface area contributed by atoms with Crippen molar-refractivity contribution in [1.29, 1.82) is 0 Å². The van der Waals surface area contributed by atoms with Crippen molar-refractivity contribution in [2.75, 3.05) is 0 Å². The lowest BCUT2D eigenvalue weighted by Gasteiger charge is -2.15. The highest BCUT2D eigenvalue weighted by Crippen LogP contribution is 2.34. The van der Waals surface area contributed by atoms with Crippen LogP contribution in [0.2, 0.25) is 5.02 Å². The Bertz CT molecular complexity index is 1340. The van der Waals surface area contributed by atoms with Crippen LogP contribution in [0.4, 0.5) is 0 Å². The number of rotatable bonds is 9. The first-order valence-electron chi connectivity index (χ1n) is 11.1. The topological polar surface area (TPSA) is 78.3 Å². The summed E-state index contributed by atoms with van der Waals surface area (Å²) in [5.74, 6) is -0.463. The fourth-order valence-electron chi connectivity index (χ4n) is 3.60. The van der Waals surface area contributed by atoms with Gasteiger partial charge in [0.1, 0.15) is 10.5 Å². The second-order valence-electron chi connectivity index (χ2n) is 8.34. The largest absolute Gasteiger partial charge is 0.358 e. The number of halogens is 1. The van der Waals surface area contributed by atoms with E-state index in [0.29, 0.717) is 17.1 Å². The number of ketones is 1. The van der Waals surface area contributed by atoms with E-state index in [9.17, 15) is 13.2 Å². The molecule has 0 fully saturated rings. The van der Waals surface area contributed by atoms with Gasteiger partial charge in [-0.25, -0.2) is 4.68 Å². The lowest BCUT2D eigenvalue weighted by atomic mass is 9.92. The average molecular weight is 501 g/mol. The molecule has 1 aromatic heterocycles. The Balaban J connectivity index is 2.12. The number of aryl methyl sites for hydroxylation is 1. The predicted molar refractivity (Wildman–Crippen MR) is 135 cm³/mol. The summed E-state index contributed by atoms with van der Waals surface area (Å²) in [4.78, 5) is 13.7. The van der Waals surface area contributed by atoms with Crippen molar-refractivity contribution >= 4 is 33.1 Å². The second kappa shape index (κ2) is 10.6. The standard InChI is InChI=1S/C26H29ClN2O4S/c1-6-7-15-29-26(33-34(31,32)20-11-9-8-10-12-20)22(16-28-29)25(30)21-13-14-23(27)24(19(21)5)18(4)17(2)3/h8-14,16H,6-7,15H2,1-5H3. The van der Waals surface area contributed by atoms with Crippen LogP contribution in [0.15, 0.2) is 59.1 Å². The SMILES string of the molecule is CCCCn1ncc(C(=O)c2ccc(Cl)c(C(C)=C(C)C)c2C)c1OS(=O)(=O)c1ccccc1. The molecule has 0 amide bonds. The van der Waals surface area contributed by atoms with E-state index in [1.165, 1.54) is 23.0 Å².